The predicted octanol–water partition coefficient (Wildman–Crippen LogP) is 1.50. The van der Waals surface area contributed by atoms with Gasteiger partial charge in [0.05, 0.1) is 0 Å². The molecule has 6 heteroatoms. The van der Waals surface area contributed by atoms with Crippen molar-refractivity contribution in [1.82, 2.24) is 14.8 Å². The Balaban J connectivity index is 2.14. The fourth-order valence-corrected chi connectivity index (χ4v) is 1.41. The molecule has 0 saturated carbocycles. The topological polar surface area (TPSA) is 76.9 Å². The first kappa shape index (κ1) is 12.0. The summed E-state index contributed by atoms with van der Waals surface area (Å²) in [5.41, 5.74) is 0.982. The number of carbonyl (C=O) groups is 2. The van der Waals surface area contributed by atoms with E-state index in [1.54, 1.807) is 12.1 Å². The van der Waals surface area contributed by atoms with Crippen LogP contribution in [0.3, 0.4) is 0 Å². The normalized spacial score (nSPS) is 10.1. The predicted molar refractivity (Wildman–Crippen MR) is 65.5 cm³/mol. The lowest BCUT2D eigenvalue weighted by Crippen LogP contribution is -2.15. The molecule has 0 radical (unpaired) electrons. The number of hydrogen-bond acceptors (Lipinski definition) is 4. The van der Waals surface area contributed by atoms with Crippen molar-refractivity contribution in [3.8, 4) is 0 Å². The molecule has 2 rings (SSSR count). The van der Waals surface area contributed by atoms with Crippen LogP contribution in [-0.4, -0.2) is 26.6 Å². The van der Waals surface area contributed by atoms with Gasteiger partial charge in [0.1, 0.15) is 5.82 Å². The van der Waals surface area contributed by atoms with Gasteiger partial charge in [-0.05, 0) is 25.1 Å². The lowest BCUT2D eigenvalue weighted by molar-refractivity contribution is 0.0920. The van der Waals surface area contributed by atoms with Gasteiger partial charge in [-0.15, -0.1) is 0 Å². The summed E-state index contributed by atoms with van der Waals surface area (Å²) in [6.45, 7) is 3.21. The van der Waals surface area contributed by atoms with E-state index in [4.69, 9.17) is 0 Å². The third kappa shape index (κ3) is 2.60. The highest BCUT2D eigenvalue weighted by atomic mass is 16.2. The Labute approximate surface area is 104 Å². The van der Waals surface area contributed by atoms with Crippen molar-refractivity contribution in [3.05, 3.63) is 41.9 Å². The van der Waals surface area contributed by atoms with Crippen molar-refractivity contribution in [3.63, 3.8) is 0 Å². The van der Waals surface area contributed by atoms with Crippen molar-refractivity contribution in [2.24, 2.45) is 0 Å². The molecule has 0 spiro atoms. The number of aromatic nitrogens is 3. The van der Waals surface area contributed by atoms with Gasteiger partial charge in [-0.1, -0.05) is 6.07 Å². The van der Waals surface area contributed by atoms with E-state index in [1.807, 2.05) is 13.0 Å². The van der Waals surface area contributed by atoms with Gasteiger partial charge >= 0.3 is 0 Å². The molecule has 18 heavy (non-hydrogen) atoms. The number of anilines is 1. The molecule has 2 heterocycles. The average molecular weight is 244 g/mol. The van der Waals surface area contributed by atoms with Gasteiger partial charge < -0.3 is 5.32 Å². The number of aryl methyl sites for hydroxylation is 1. The molecule has 1 N–H and O–H groups in total. The minimum Gasteiger partial charge on any atom is -0.305 e. The third-order valence-electron chi connectivity index (χ3n) is 2.27. The van der Waals surface area contributed by atoms with E-state index < -0.39 is 5.91 Å². The Morgan fingerprint density at radius 1 is 1.28 bits per heavy atom. The summed E-state index contributed by atoms with van der Waals surface area (Å²) < 4.78 is 1.11. The Bertz CT molecular complexity index is 604. The molecular weight excluding hydrogens is 232 g/mol. The molecule has 0 aliphatic heterocycles. The molecule has 0 aromatic carbocycles. The van der Waals surface area contributed by atoms with Gasteiger partial charge in [0.25, 0.3) is 5.91 Å². The maximum absolute atomic E-state index is 11.8. The second-order valence-electron chi connectivity index (χ2n) is 3.78. The van der Waals surface area contributed by atoms with Crippen LogP contribution in [0.25, 0.3) is 0 Å². The van der Waals surface area contributed by atoms with Gasteiger partial charge in [0.2, 0.25) is 5.91 Å². The highest BCUT2D eigenvalue weighted by molar-refractivity contribution is 6.02. The molecule has 2 aromatic rings. The molecule has 0 saturated heterocycles. The van der Waals surface area contributed by atoms with Gasteiger partial charge in [-0.3, -0.25) is 9.59 Å². The SMILES string of the molecule is CC(=O)n1ccc(C(=O)Nc2cccc(C)n2)n1. The summed E-state index contributed by atoms with van der Waals surface area (Å²) in [5, 5.41) is 6.47. The van der Waals surface area contributed by atoms with Crippen LogP contribution in [0.4, 0.5) is 5.82 Å². The van der Waals surface area contributed by atoms with E-state index in [2.05, 4.69) is 15.4 Å². The largest absolute Gasteiger partial charge is 0.305 e. The minimum absolute atomic E-state index is 0.175. The lowest BCUT2D eigenvalue weighted by atomic mass is 10.3. The molecule has 0 aliphatic carbocycles. The van der Waals surface area contributed by atoms with Crippen molar-refractivity contribution >= 4 is 17.6 Å². The van der Waals surface area contributed by atoms with E-state index in [0.717, 1.165) is 10.4 Å². The number of hydrogen-bond donors (Lipinski definition) is 1. The number of amides is 1. The van der Waals surface area contributed by atoms with E-state index in [9.17, 15) is 9.59 Å². The second kappa shape index (κ2) is 4.79. The Morgan fingerprint density at radius 2 is 2.06 bits per heavy atom. The average Bonchev–Trinajstić information content (AvgIpc) is 2.78. The molecule has 2 aromatic heterocycles. The van der Waals surface area contributed by atoms with Gasteiger partial charge in [0, 0.05) is 18.8 Å². The summed E-state index contributed by atoms with van der Waals surface area (Å²) in [5.74, 6) is -0.187. The number of pyridine rings is 1. The number of nitrogens with one attached hydrogen (secondary N) is 1. The molecule has 0 bridgehead atoms. The number of carbonyl (C=O) groups excluding carboxylic acids is 2. The fraction of sp³-hybridized carbons (Fsp3) is 0.167. The van der Waals surface area contributed by atoms with Crippen LogP contribution in [0, 0.1) is 6.92 Å². The highest BCUT2D eigenvalue weighted by Gasteiger charge is 2.11. The van der Waals surface area contributed by atoms with E-state index in [-0.39, 0.29) is 11.6 Å². The molecule has 6 nitrogen and oxygen atoms in total. The second-order valence-corrected chi connectivity index (χ2v) is 3.78. The third-order valence-corrected chi connectivity index (χ3v) is 2.27. The number of rotatable bonds is 2. The van der Waals surface area contributed by atoms with Crippen LogP contribution in [-0.2, 0) is 0 Å². The van der Waals surface area contributed by atoms with Crippen molar-refractivity contribution < 1.29 is 9.59 Å². The van der Waals surface area contributed by atoms with Crippen LogP contribution in [0.15, 0.2) is 30.5 Å². The maximum Gasteiger partial charge on any atom is 0.277 e. The zero-order chi connectivity index (χ0) is 13.1. The minimum atomic E-state index is -0.395. The first-order chi connectivity index (χ1) is 8.56. The Hall–Kier alpha value is -2.50. The van der Waals surface area contributed by atoms with Crippen LogP contribution < -0.4 is 5.32 Å². The monoisotopic (exact) mass is 244 g/mol. The summed E-state index contributed by atoms with van der Waals surface area (Å²) in [7, 11) is 0. The van der Waals surface area contributed by atoms with Crippen LogP contribution in [0.2, 0.25) is 0 Å². The lowest BCUT2D eigenvalue weighted by Gasteiger charge is -2.02. The summed E-state index contributed by atoms with van der Waals surface area (Å²) >= 11 is 0. The maximum atomic E-state index is 11.8. The van der Waals surface area contributed by atoms with Crippen LogP contribution in [0.5, 0.6) is 0 Å². The number of nitrogens with zero attached hydrogens (tertiary/aromatic N) is 3. The zero-order valence-electron chi connectivity index (χ0n) is 10.0. The molecule has 0 atom stereocenters. The molecule has 0 aliphatic rings. The van der Waals surface area contributed by atoms with Gasteiger partial charge in [-0.2, -0.15) is 5.10 Å². The molecular formula is C12H12N4O2. The van der Waals surface area contributed by atoms with E-state index >= 15 is 0 Å². The van der Waals surface area contributed by atoms with Crippen LogP contribution in [0.1, 0.15) is 27.9 Å². The van der Waals surface area contributed by atoms with E-state index in [0.29, 0.717) is 5.82 Å². The Kier molecular flexibility index (Phi) is 3.18. The van der Waals surface area contributed by atoms with Gasteiger partial charge in [-0.25, -0.2) is 9.67 Å². The molecule has 0 unspecified atom stereocenters. The molecule has 0 fully saturated rings. The van der Waals surface area contributed by atoms with E-state index in [1.165, 1.54) is 19.2 Å². The van der Waals surface area contributed by atoms with Crippen molar-refractivity contribution in [2.75, 3.05) is 5.32 Å². The smallest absolute Gasteiger partial charge is 0.277 e. The van der Waals surface area contributed by atoms with Crippen molar-refractivity contribution in [2.45, 2.75) is 13.8 Å². The zero-order valence-corrected chi connectivity index (χ0v) is 10.0. The van der Waals surface area contributed by atoms with Crippen LogP contribution >= 0.6 is 0 Å². The molecule has 92 valence electrons. The standard InChI is InChI=1S/C12H12N4O2/c1-8-4-3-5-11(13-8)14-12(18)10-6-7-16(15-10)9(2)17/h3-7H,1-2H3,(H,13,14,18). The molecule has 1 amide bonds. The van der Waals surface area contributed by atoms with Gasteiger partial charge in [0.15, 0.2) is 5.69 Å². The fourth-order valence-electron chi connectivity index (χ4n) is 1.41. The van der Waals surface area contributed by atoms with Crippen molar-refractivity contribution in [1.29, 1.82) is 0 Å². The quantitative estimate of drug-likeness (QED) is 0.868. The Morgan fingerprint density at radius 3 is 2.67 bits per heavy atom. The highest BCUT2D eigenvalue weighted by Crippen LogP contribution is 2.06. The summed E-state index contributed by atoms with van der Waals surface area (Å²) in [4.78, 5) is 27.0. The summed E-state index contributed by atoms with van der Waals surface area (Å²) in [6.07, 6.45) is 1.45. The first-order valence-electron chi connectivity index (χ1n) is 5.38. The first-order valence-corrected chi connectivity index (χ1v) is 5.38. The summed E-state index contributed by atoms with van der Waals surface area (Å²) in [6, 6.07) is 6.80.